The van der Waals surface area contributed by atoms with Crippen LogP contribution in [-0.4, -0.2) is 36.6 Å². The molecule has 1 saturated carbocycles. The zero-order valence-electron chi connectivity index (χ0n) is 15.7. The number of halogens is 2. The molecule has 3 amide bonds. The molecule has 0 saturated heterocycles. The molecule has 1 aliphatic carbocycles. The molecule has 30 heavy (non-hydrogen) atoms. The van der Waals surface area contributed by atoms with Crippen LogP contribution in [0.5, 0.6) is 5.75 Å². The normalized spacial score (nSPS) is 13.0. The van der Waals surface area contributed by atoms with E-state index < -0.39 is 11.8 Å². The van der Waals surface area contributed by atoms with Crippen molar-refractivity contribution < 1.29 is 19.1 Å². The Kier molecular flexibility index (Phi) is 7.42. The summed E-state index contributed by atoms with van der Waals surface area (Å²) in [7, 11) is 0. The first-order chi connectivity index (χ1) is 14.4. The molecule has 2 aromatic rings. The van der Waals surface area contributed by atoms with Gasteiger partial charge in [0.15, 0.2) is 6.61 Å². The van der Waals surface area contributed by atoms with Crippen LogP contribution in [0.2, 0.25) is 5.02 Å². The first kappa shape index (κ1) is 21.8. The lowest BCUT2D eigenvalue weighted by Crippen LogP contribution is -2.38. The number of hydrogen-bond acceptors (Lipinski definition) is 5. The van der Waals surface area contributed by atoms with Crippen LogP contribution >= 0.6 is 27.5 Å². The van der Waals surface area contributed by atoms with Crippen LogP contribution in [0, 0.1) is 0 Å². The van der Waals surface area contributed by atoms with Crippen molar-refractivity contribution in [1.29, 1.82) is 0 Å². The molecule has 3 N–H and O–H groups in total. The Balaban J connectivity index is 1.56. The minimum absolute atomic E-state index is 0.0790. The van der Waals surface area contributed by atoms with Gasteiger partial charge in [0.1, 0.15) is 5.75 Å². The molecule has 1 aliphatic rings. The molecule has 0 heterocycles. The Morgan fingerprint density at radius 1 is 1.17 bits per heavy atom. The predicted octanol–water partition coefficient (Wildman–Crippen LogP) is 2.85. The van der Waals surface area contributed by atoms with E-state index >= 15 is 0 Å². The van der Waals surface area contributed by atoms with E-state index in [1.807, 2.05) is 0 Å². The van der Waals surface area contributed by atoms with Crippen molar-refractivity contribution in [3.63, 3.8) is 0 Å². The topological polar surface area (TPSA) is 109 Å². The summed E-state index contributed by atoms with van der Waals surface area (Å²) in [6.45, 7) is -0.245. The molecule has 10 heteroatoms. The number of benzene rings is 2. The molecule has 3 rings (SSSR count). The lowest BCUT2D eigenvalue weighted by atomic mass is 10.2. The van der Waals surface area contributed by atoms with Gasteiger partial charge in [-0.25, -0.2) is 5.43 Å². The van der Waals surface area contributed by atoms with Gasteiger partial charge in [-0.15, -0.1) is 0 Å². The van der Waals surface area contributed by atoms with E-state index in [1.165, 1.54) is 6.21 Å². The highest BCUT2D eigenvalue weighted by Crippen LogP contribution is 2.22. The number of carbonyl (C=O) groups excluding carboxylic acids is 3. The third kappa shape index (κ3) is 6.85. The van der Waals surface area contributed by atoms with Crippen LogP contribution in [-0.2, 0) is 14.4 Å². The summed E-state index contributed by atoms with van der Waals surface area (Å²) in [6, 6.07) is 11.9. The second-order valence-electron chi connectivity index (χ2n) is 6.48. The predicted molar refractivity (Wildman–Crippen MR) is 117 cm³/mol. The molecule has 0 atom stereocenters. The van der Waals surface area contributed by atoms with E-state index in [2.05, 4.69) is 37.1 Å². The number of ether oxygens (including phenoxy) is 1. The van der Waals surface area contributed by atoms with E-state index in [0.29, 0.717) is 22.0 Å². The average molecular weight is 494 g/mol. The number of hydrogen-bond donors (Lipinski definition) is 3. The van der Waals surface area contributed by atoms with Gasteiger partial charge in [-0.1, -0.05) is 33.6 Å². The smallest absolute Gasteiger partial charge is 0.329 e. The van der Waals surface area contributed by atoms with Gasteiger partial charge in [0, 0.05) is 26.8 Å². The SMILES string of the molecule is O=C(COc1ccc(Br)cc1/C=N\NC(=O)C(=O)NC1CC1)Nc1cccc(Cl)c1. The largest absolute Gasteiger partial charge is 0.483 e. The summed E-state index contributed by atoms with van der Waals surface area (Å²) in [5, 5.41) is 9.55. The lowest BCUT2D eigenvalue weighted by Gasteiger charge is -2.10. The van der Waals surface area contributed by atoms with Crippen molar-refractivity contribution in [3.8, 4) is 5.75 Å². The molecule has 0 aliphatic heterocycles. The lowest BCUT2D eigenvalue weighted by molar-refractivity contribution is -0.139. The Bertz CT molecular complexity index is 995. The van der Waals surface area contributed by atoms with Crippen molar-refractivity contribution in [2.24, 2.45) is 5.10 Å². The zero-order valence-corrected chi connectivity index (χ0v) is 18.0. The van der Waals surface area contributed by atoms with Crippen molar-refractivity contribution in [1.82, 2.24) is 10.7 Å². The van der Waals surface area contributed by atoms with E-state index in [9.17, 15) is 14.4 Å². The van der Waals surface area contributed by atoms with Gasteiger partial charge < -0.3 is 15.4 Å². The highest BCUT2D eigenvalue weighted by atomic mass is 79.9. The average Bonchev–Trinajstić information content (AvgIpc) is 3.51. The third-order valence-corrected chi connectivity index (χ3v) is 4.66. The van der Waals surface area contributed by atoms with Gasteiger partial charge in [-0.2, -0.15) is 5.10 Å². The molecule has 0 unspecified atom stereocenters. The first-order valence-electron chi connectivity index (χ1n) is 9.02. The van der Waals surface area contributed by atoms with Gasteiger partial charge >= 0.3 is 11.8 Å². The van der Waals surface area contributed by atoms with Crippen molar-refractivity contribution >= 4 is 57.2 Å². The standard InChI is InChI=1S/C20H18BrClN4O4/c21-13-4-7-17(30-11-18(27)24-16-3-1-2-14(22)9-16)12(8-13)10-23-26-20(29)19(28)25-15-5-6-15/h1-4,7-10,15H,5-6,11H2,(H,24,27)(H,25,28)(H,26,29)/b23-10-. The number of nitrogens with zero attached hydrogens (tertiary/aromatic N) is 1. The van der Waals surface area contributed by atoms with Crippen LogP contribution in [0.25, 0.3) is 0 Å². The molecule has 0 spiro atoms. The fraction of sp³-hybridized carbons (Fsp3) is 0.200. The molecule has 2 aromatic carbocycles. The Hall–Kier alpha value is -2.91. The second-order valence-corrected chi connectivity index (χ2v) is 7.83. The van der Waals surface area contributed by atoms with Crippen molar-refractivity contribution in [2.45, 2.75) is 18.9 Å². The number of anilines is 1. The first-order valence-corrected chi connectivity index (χ1v) is 10.2. The van der Waals surface area contributed by atoms with Gasteiger partial charge in [0.2, 0.25) is 0 Å². The third-order valence-electron chi connectivity index (χ3n) is 3.93. The number of rotatable bonds is 7. The van der Waals surface area contributed by atoms with Gasteiger partial charge in [0.05, 0.1) is 6.21 Å². The number of amides is 3. The minimum atomic E-state index is -0.850. The van der Waals surface area contributed by atoms with Gasteiger partial charge in [0.25, 0.3) is 5.91 Å². The summed E-state index contributed by atoms with van der Waals surface area (Å²) in [5.74, 6) is -1.57. The molecular formula is C20H18BrClN4O4. The summed E-state index contributed by atoms with van der Waals surface area (Å²) in [6.07, 6.45) is 3.09. The summed E-state index contributed by atoms with van der Waals surface area (Å²) < 4.78 is 6.32. The van der Waals surface area contributed by atoms with Gasteiger partial charge in [-0.3, -0.25) is 14.4 Å². The van der Waals surface area contributed by atoms with Crippen molar-refractivity contribution in [2.75, 3.05) is 11.9 Å². The number of hydrazone groups is 1. The van der Waals surface area contributed by atoms with Crippen LogP contribution in [0.3, 0.4) is 0 Å². The highest BCUT2D eigenvalue weighted by Gasteiger charge is 2.26. The maximum absolute atomic E-state index is 12.1. The van der Waals surface area contributed by atoms with Crippen LogP contribution in [0.4, 0.5) is 5.69 Å². The maximum Gasteiger partial charge on any atom is 0.329 e. The van der Waals surface area contributed by atoms with Gasteiger partial charge in [-0.05, 0) is 49.2 Å². The highest BCUT2D eigenvalue weighted by molar-refractivity contribution is 9.10. The molecule has 0 radical (unpaired) electrons. The van der Waals surface area contributed by atoms with E-state index in [1.54, 1.807) is 42.5 Å². The molecular weight excluding hydrogens is 476 g/mol. The Morgan fingerprint density at radius 3 is 2.70 bits per heavy atom. The fourth-order valence-corrected chi connectivity index (χ4v) is 2.92. The molecule has 0 bridgehead atoms. The Morgan fingerprint density at radius 2 is 1.97 bits per heavy atom. The minimum Gasteiger partial charge on any atom is -0.483 e. The zero-order chi connectivity index (χ0) is 21.5. The summed E-state index contributed by atoms with van der Waals surface area (Å²) >= 11 is 9.24. The van der Waals surface area contributed by atoms with E-state index in [0.717, 1.165) is 17.3 Å². The number of carbonyl (C=O) groups is 3. The quantitative estimate of drug-likeness (QED) is 0.313. The summed E-state index contributed by atoms with van der Waals surface area (Å²) in [4.78, 5) is 35.5. The second kappa shape index (κ2) is 10.2. The van der Waals surface area contributed by atoms with E-state index in [-0.39, 0.29) is 18.6 Å². The molecule has 156 valence electrons. The number of nitrogens with one attached hydrogen (secondary N) is 3. The Labute approximate surface area is 186 Å². The molecule has 8 nitrogen and oxygen atoms in total. The maximum atomic E-state index is 12.1. The van der Waals surface area contributed by atoms with Crippen LogP contribution < -0.4 is 20.8 Å². The molecule has 0 aromatic heterocycles. The molecule has 1 fully saturated rings. The van der Waals surface area contributed by atoms with Crippen LogP contribution in [0.1, 0.15) is 18.4 Å². The van der Waals surface area contributed by atoms with Crippen molar-refractivity contribution in [3.05, 3.63) is 57.5 Å². The van der Waals surface area contributed by atoms with Crippen LogP contribution in [0.15, 0.2) is 52.0 Å². The summed E-state index contributed by atoms with van der Waals surface area (Å²) in [5.41, 5.74) is 3.23. The van der Waals surface area contributed by atoms with E-state index in [4.69, 9.17) is 16.3 Å². The fourth-order valence-electron chi connectivity index (χ4n) is 2.35. The monoisotopic (exact) mass is 492 g/mol.